The lowest BCUT2D eigenvalue weighted by Gasteiger charge is -2.12. The minimum atomic E-state index is -0.955. The summed E-state index contributed by atoms with van der Waals surface area (Å²) in [6, 6.07) is 9.27. The van der Waals surface area contributed by atoms with Gasteiger partial charge >= 0.3 is 5.97 Å². The van der Waals surface area contributed by atoms with E-state index in [-0.39, 0.29) is 11.4 Å². The van der Waals surface area contributed by atoms with Crippen molar-refractivity contribution in [3.8, 4) is 11.4 Å². The third-order valence-electron chi connectivity index (χ3n) is 3.19. The molecule has 1 amide bonds. The molecule has 2 rings (SSSR count). The molecular weight excluding hydrogens is 310 g/mol. The predicted octanol–water partition coefficient (Wildman–Crippen LogP) is 1.73. The molecular formula is C17H19N3O4. The van der Waals surface area contributed by atoms with Crippen molar-refractivity contribution in [1.29, 1.82) is 0 Å². The van der Waals surface area contributed by atoms with Gasteiger partial charge in [-0.3, -0.25) is 4.79 Å². The molecule has 0 spiro atoms. The molecule has 0 aliphatic rings. The standard InChI is InChI=1S/C17H19N3O4/c1-4-10-18-16(21)12(2)24-17(22)15-14(23-3)11-20(19-15)13-8-6-5-7-9-13/h4-9,11-12H,1,10H2,2-3H3,(H,18,21)/t12-/m0/s1. The van der Waals surface area contributed by atoms with Crippen molar-refractivity contribution in [2.75, 3.05) is 13.7 Å². The van der Waals surface area contributed by atoms with Gasteiger partial charge in [0, 0.05) is 6.54 Å². The zero-order valence-corrected chi connectivity index (χ0v) is 13.6. The number of carbonyl (C=O) groups is 2. The van der Waals surface area contributed by atoms with Gasteiger partial charge in [-0.1, -0.05) is 24.3 Å². The monoisotopic (exact) mass is 329 g/mol. The van der Waals surface area contributed by atoms with Crippen LogP contribution >= 0.6 is 0 Å². The second-order valence-electron chi connectivity index (χ2n) is 4.91. The van der Waals surface area contributed by atoms with Crippen LogP contribution in [-0.4, -0.2) is 41.4 Å². The van der Waals surface area contributed by atoms with Crippen LogP contribution in [0.4, 0.5) is 0 Å². The van der Waals surface area contributed by atoms with Crippen LogP contribution in [0.1, 0.15) is 17.4 Å². The van der Waals surface area contributed by atoms with Gasteiger partial charge in [-0.15, -0.1) is 6.58 Å². The first kappa shape index (κ1) is 17.3. The number of amides is 1. The van der Waals surface area contributed by atoms with Crippen molar-refractivity contribution in [3.05, 3.63) is 54.9 Å². The van der Waals surface area contributed by atoms with E-state index >= 15 is 0 Å². The fourth-order valence-electron chi connectivity index (χ4n) is 1.95. The summed E-state index contributed by atoms with van der Waals surface area (Å²) in [5, 5.41) is 6.75. The highest BCUT2D eigenvalue weighted by molar-refractivity contribution is 5.92. The first-order valence-corrected chi connectivity index (χ1v) is 7.35. The quantitative estimate of drug-likeness (QED) is 0.618. The number of nitrogens with one attached hydrogen (secondary N) is 1. The van der Waals surface area contributed by atoms with E-state index in [9.17, 15) is 9.59 Å². The van der Waals surface area contributed by atoms with Gasteiger partial charge in [0.25, 0.3) is 5.91 Å². The molecule has 24 heavy (non-hydrogen) atoms. The number of para-hydroxylation sites is 1. The Morgan fingerprint density at radius 3 is 2.71 bits per heavy atom. The molecule has 0 aliphatic carbocycles. The average Bonchev–Trinajstić information content (AvgIpc) is 3.04. The fraction of sp³-hybridized carbons (Fsp3) is 0.235. The third kappa shape index (κ3) is 4.01. The lowest BCUT2D eigenvalue weighted by Crippen LogP contribution is -2.36. The Labute approximate surface area is 139 Å². The summed E-state index contributed by atoms with van der Waals surface area (Å²) in [7, 11) is 1.43. The van der Waals surface area contributed by atoms with E-state index in [1.165, 1.54) is 24.8 Å². The Morgan fingerprint density at radius 2 is 2.08 bits per heavy atom. The van der Waals surface area contributed by atoms with Crippen LogP contribution in [0.3, 0.4) is 0 Å². The van der Waals surface area contributed by atoms with Crippen LogP contribution in [-0.2, 0) is 9.53 Å². The fourth-order valence-corrected chi connectivity index (χ4v) is 1.95. The second-order valence-corrected chi connectivity index (χ2v) is 4.91. The highest BCUT2D eigenvalue weighted by atomic mass is 16.6. The summed E-state index contributed by atoms with van der Waals surface area (Å²) in [5.41, 5.74) is 0.774. The Balaban J connectivity index is 2.15. The number of benzene rings is 1. The average molecular weight is 329 g/mol. The SMILES string of the molecule is C=CCNC(=O)[C@H](C)OC(=O)c1nn(-c2ccccc2)cc1OC. The maximum atomic E-state index is 12.3. The number of nitrogens with zero attached hydrogens (tertiary/aromatic N) is 2. The predicted molar refractivity (Wildman–Crippen MR) is 88.2 cm³/mol. The number of esters is 1. The number of hydrogen-bond acceptors (Lipinski definition) is 5. The second kappa shape index (κ2) is 7.96. The molecule has 2 aromatic rings. The van der Waals surface area contributed by atoms with E-state index < -0.39 is 18.0 Å². The van der Waals surface area contributed by atoms with Gasteiger partial charge in [0.15, 0.2) is 11.9 Å². The van der Waals surface area contributed by atoms with E-state index in [4.69, 9.17) is 9.47 Å². The maximum Gasteiger partial charge on any atom is 0.363 e. The van der Waals surface area contributed by atoms with Gasteiger partial charge in [-0.25, -0.2) is 9.48 Å². The summed E-state index contributed by atoms with van der Waals surface area (Å²) in [6.45, 7) is 5.28. The number of methoxy groups -OCH3 is 1. The van der Waals surface area contributed by atoms with Crippen LogP contribution in [0, 0.1) is 0 Å². The highest BCUT2D eigenvalue weighted by Gasteiger charge is 2.24. The summed E-state index contributed by atoms with van der Waals surface area (Å²) >= 11 is 0. The molecule has 0 fully saturated rings. The number of rotatable bonds is 7. The molecule has 126 valence electrons. The van der Waals surface area contributed by atoms with Crippen molar-refractivity contribution < 1.29 is 19.1 Å². The molecule has 0 aliphatic heterocycles. The normalized spacial score (nSPS) is 11.4. The molecule has 7 heteroatoms. The molecule has 0 unspecified atom stereocenters. The molecule has 0 saturated heterocycles. The molecule has 7 nitrogen and oxygen atoms in total. The number of carbonyl (C=O) groups excluding carboxylic acids is 2. The van der Waals surface area contributed by atoms with Crippen molar-refractivity contribution in [2.45, 2.75) is 13.0 Å². The number of ether oxygens (including phenoxy) is 2. The summed E-state index contributed by atoms with van der Waals surface area (Å²) in [5.74, 6) is -0.880. The smallest absolute Gasteiger partial charge is 0.363 e. The van der Waals surface area contributed by atoms with Crippen molar-refractivity contribution in [1.82, 2.24) is 15.1 Å². The van der Waals surface area contributed by atoms with Gasteiger partial charge in [0.2, 0.25) is 5.69 Å². The minimum absolute atomic E-state index is 0.00437. The van der Waals surface area contributed by atoms with E-state index in [1.807, 2.05) is 30.3 Å². The molecule has 0 saturated carbocycles. The summed E-state index contributed by atoms with van der Waals surface area (Å²) < 4.78 is 11.8. The highest BCUT2D eigenvalue weighted by Crippen LogP contribution is 2.20. The van der Waals surface area contributed by atoms with Crippen LogP contribution < -0.4 is 10.1 Å². The van der Waals surface area contributed by atoms with E-state index in [0.29, 0.717) is 6.54 Å². The van der Waals surface area contributed by atoms with Gasteiger partial charge in [-0.2, -0.15) is 5.10 Å². The first-order chi connectivity index (χ1) is 11.6. The van der Waals surface area contributed by atoms with Crippen LogP contribution in [0.25, 0.3) is 5.69 Å². The summed E-state index contributed by atoms with van der Waals surface area (Å²) in [6.07, 6.45) is 2.16. The maximum absolute atomic E-state index is 12.3. The molecule has 1 N–H and O–H groups in total. The Bertz CT molecular complexity index is 725. The van der Waals surface area contributed by atoms with Crippen LogP contribution in [0.5, 0.6) is 5.75 Å². The van der Waals surface area contributed by atoms with E-state index in [2.05, 4.69) is 17.0 Å². The largest absolute Gasteiger partial charge is 0.493 e. The van der Waals surface area contributed by atoms with Crippen molar-refractivity contribution in [2.24, 2.45) is 0 Å². The van der Waals surface area contributed by atoms with Crippen molar-refractivity contribution >= 4 is 11.9 Å². The first-order valence-electron chi connectivity index (χ1n) is 7.35. The zero-order chi connectivity index (χ0) is 17.5. The lowest BCUT2D eigenvalue weighted by molar-refractivity contribution is -0.128. The topological polar surface area (TPSA) is 82.5 Å². The zero-order valence-electron chi connectivity index (χ0n) is 13.6. The molecule has 0 bridgehead atoms. The molecule has 1 aromatic carbocycles. The van der Waals surface area contributed by atoms with E-state index in [0.717, 1.165) is 5.69 Å². The number of hydrogen-bond donors (Lipinski definition) is 1. The molecule has 1 aromatic heterocycles. The minimum Gasteiger partial charge on any atom is -0.493 e. The Kier molecular flexibility index (Phi) is 5.73. The Hall–Kier alpha value is -3.09. The lowest BCUT2D eigenvalue weighted by atomic mass is 10.3. The summed E-state index contributed by atoms with van der Waals surface area (Å²) in [4.78, 5) is 24.0. The van der Waals surface area contributed by atoms with Crippen LogP contribution in [0.2, 0.25) is 0 Å². The van der Waals surface area contributed by atoms with Crippen LogP contribution in [0.15, 0.2) is 49.2 Å². The van der Waals surface area contributed by atoms with E-state index in [1.54, 1.807) is 6.20 Å². The molecule has 1 heterocycles. The third-order valence-corrected chi connectivity index (χ3v) is 3.19. The number of aromatic nitrogens is 2. The van der Waals surface area contributed by atoms with Crippen molar-refractivity contribution in [3.63, 3.8) is 0 Å². The molecule has 0 radical (unpaired) electrons. The van der Waals surface area contributed by atoms with Gasteiger partial charge in [-0.05, 0) is 19.1 Å². The van der Waals surface area contributed by atoms with Gasteiger partial charge < -0.3 is 14.8 Å². The molecule has 1 atom stereocenters. The Morgan fingerprint density at radius 1 is 1.38 bits per heavy atom. The van der Waals surface area contributed by atoms with Gasteiger partial charge in [0.05, 0.1) is 19.0 Å². The van der Waals surface area contributed by atoms with Gasteiger partial charge in [0.1, 0.15) is 0 Å².